The Morgan fingerprint density at radius 3 is 2.58 bits per heavy atom. The minimum atomic E-state index is -4.48. The highest BCUT2D eigenvalue weighted by Crippen LogP contribution is 2.29. The van der Waals surface area contributed by atoms with Crippen molar-refractivity contribution in [2.24, 2.45) is 0 Å². The highest BCUT2D eigenvalue weighted by Gasteiger charge is 2.30. The summed E-state index contributed by atoms with van der Waals surface area (Å²) in [5.74, 6) is -0.464. The molecular weight excluding hydrogens is 345 g/mol. The number of sulfonamides is 1. The van der Waals surface area contributed by atoms with Crippen LogP contribution in [0, 0.1) is 0 Å². The molecule has 0 aromatic heterocycles. The molecule has 24 heavy (non-hydrogen) atoms. The minimum absolute atomic E-state index is 0.116. The molecule has 136 valence electrons. The average Bonchev–Trinajstić information content (AvgIpc) is 2.52. The van der Waals surface area contributed by atoms with Crippen LogP contribution in [0.1, 0.15) is 17.5 Å². The maximum atomic E-state index is 12.6. The van der Waals surface area contributed by atoms with Crippen molar-refractivity contribution in [2.45, 2.75) is 18.3 Å². The van der Waals surface area contributed by atoms with E-state index in [2.05, 4.69) is 9.62 Å². The zero-order valence-electron chi connectivity index (χ0n) is 13.2. The van der Waals surface area contributed by atoms with Crippen molar-refractivity contribution >= 4 is 10.0 Å². The molecule has 1 aromatic carbocycles. The first-order valence-corrected chi connectivity index (χ1v) is 9.35. The van der Waals surface area contributed by atoms with Crippen molar-refractivity contribution < 1.29 is 26.3 Å². The van der Waals surface area contributed by atoms with Crippen LogP contribution in [0.4, 0.5) is 13.2 Å². The molecule has 0 radical (unpaired) electrons. The SMILES string of the molecule is O=S(=O)(Cc1cccc(C(F)(F)F)c1)NCCCN1CCOCC1. The van der Waals surface area contributed by atoms with E-state index in [9.17, 15) is 21.6 Å². The van der Waals surface area contributed by atoms with Gasteiger partial charge in [-0.2, -0.15) is 13.2 Å². The van der Waals surface area contributed by atoms with Crippen LogP contribution in [0.5, 0.6) is 0 Å². The van der Waals surface area contributed by atoms with Crippen LogP contribution in [0.3, 0.4) is 0 Å². The Bertz CT molecular complexity index is 629. The van der Waals surface area contributed by atoms with Crippen molar-refractivity contribution in [3.05, 3.63) is 35.4 Å². The fourth-order valence-corrected chi connectivity index (χ4v) is 3.64. The molecule has 0 amide bonds. The number of morpholine rings is 1. The second-order valence-electron chi connectivity index (χ2n) is 5.66. The molecular formula is C15H21F3N2O3S. The summed E-state index contributed by atoms with van der Waals surface area (Å²) in [5.41, 5.74) is -0.729. The molecule has 1 saturated heterocycles. The maximum Gasteiger partial charge on any atom is 0.416 e. The predicted octanol–water partition coefficient (Wildman–Crippen LogP) is 1.85. The van der Waals surface area contributed by atoms with Gasteiger partial charge in [0.05, 0.1) is 24.5 Å². The van der Waals surface area contributed by atoms with Gasteiger partial charge < -0.3 is 4.74 Å². The Labute approximate surface area is 139 Å². The summed E-state index contributed by atoms with van der Waals surface area (Å²) in [4.78, 5) is 2.19. The summed E-state index contributed by atoms with van der Waals surface area (Å²) < 4.78 is 69.6. The number of benzene rings is 1. The summed E-state index contributed by atoms with van der Waals surface area (Å²) in [6.07, 6.45) is -3.84. The maximum absolute atomic E-state index is 12.6. The highest BCUT2D eigenvalue weighted by molar-refractivity contribution is 7.88. The van der Waals surface area contributed by atoms with Crippen LogP contribution in [-0.2, 0) is 26.7 Å². The number of rotatable bonds is 7. The monoisotopic (exact) mass is 366 g/mol. The largest absolute Gasteiger partial charge is 0.416 e. The van der Waals surface area contributed by atoms with E-state index in [0.29, 0.717) is 19.6 Å². The molecule has 0 spiro atoms. The van der Waals surface area contributed by atoms with Crippen LogP contribution < -0.4 is 4.72 Å². The summed E-state index contributed by atoms with van der Waals surface area (Å²) >= 11 is 0. The van der Waals surface area contributed by atoms with Crippen molar-refractivity contribution in [2.75, 3.05) is 39.4 Å². The topological polar surface area (TPSA) is 58.6 Å². The number of halogens is 3. The van der Waals surface area contributed by atoms with Crippen LogP contribution in [0.15, 0.2) is 24.3 Å². The van der Waals surface area contributed by atoms with Crippen LogP contribution in [0.25, 0.3) is 0 Å². The lowest BCUT2D eigenvalue weighted by Crippen LogP contribution is -2.38. The average molecular weight is 366 g/mol. The third-order valence-electron chi connectivity index (χ3n) is 3.69. The van der Waals surface area contributed by atoms with Crippen molar-refractivity contribution in [3.8, 4) is 0 Å². The standard InChI is InChI=1S/C15H21F3N2O3S/c16-15(17,18)14-4-1-3-13(11-14)12-24(21,22)19-5-2-6-20-7-9-23-10-8-20/h1,3-4,11,19H,2,5-10,12H2. The van der Waals surface area contributed by atoms with Gasteiger partial charge in [0.25, 0.3) is 0 Å². The van der Waals surface area contributed by atoms with E-state index in [0.717, 1.165) is 31.8 Å². The number of nitrogens with zero attached hydrogens (tertiary/aromatic N) is 1. The predicted molar refractivity (Wildman–Crippen MR) is 83.9 cm³/mol. The van der Waals surface area contributed by atoms with Gasteiger partial charge in [-0.1, -0.05) is 18.2 Å². The third kappa shape index (κ3) is 6.39. The zero-order valence-corrected chi connectivity index (χ0v) is 14.0. The number of hydrogen-bond acceptors (Lipinski definition) is 4. The number of ether oxygens (including phenoxy) is 1. The van der Waals surface area contributed by atoms with E-state index < -0.39 is 27.5 Å². The zero-order chi connectivity index (χ0) is 17.6. The highest BCUT2D eigenvalue weighted by atomic mass is 32.2. The number of hydrogen-bond donors (Lipinski definition) is 1. The Morgan fingerprint density at radius 2 is 1.92 bits per heavy atom. The molecule has 0 unspecified atom stereocenters. The first-order chi connectivity index (χ1) is 11.3. The molecule has 0 atom stereocenters. The second-order valence-corrected chi connectivity index (χ2v) is 7.47. The van der Waals surface area contributed by atoms with Gasteiger partial charge >= 0.3 is 6.18 Å². The molecule has 5 nitrogen and oxygen atoms in total. The Hall–Kier alpha value is -1.16. The van der Waals surface area contributed by atoms with Gasteiger partial charge in [0, 0.05) is 19.6 Å². The number of nitrogens with one attached hydrogen (secondary N) is 1. The number of alkyl halides is 3. The third-order valence-corrected chi connectivity index (χ3v) is 5.05. The fraction of sp³-hybridized carbons (Fsp3) is 0.600. The Balaban J connectivity index is 1.80. The quantitative estimate of drug-likeness (QED) is 0.749. The normalized spacial score (nSPS) is 17.1. The van der Waals surface area contributed by atoms with Gasteiger partial charge in [0.2, 0.25) is 10.0 Å². The lowest BCUT2D eigenvalue weighted by molar-refractivity contribution is -0.137. The second kappa shape index (κ2) is 8.28. The molecule has 9 heteroatoms. The molecule has 0 saturated carbocycles. The first kappa shape index (κ1) is 19.2. The van der Waals surface area contributed by atoms with E-state index in [1.807, 2.05) is 0 Å². The van der Waals surface area contributed by atoms with Crippen LogP contribution in [-0.4, -0.2) is 52.7 Å². The molecule has 1 aliphatic rings. The Morgan fingerprint density at radius 1 is 1.21 bits per heavy atom. The van der Waals surface area contributed by atoms with Crippen molar-refractivity contribution in [3.63, 3.8) is 0 Å². The van der Waals surface area contributed by atoms with Crippen LogP contribution in [0.2, 0.25) is 0 Å². The van der Waals surface area contributed by atoms with E-state index >= 15 is 0 Å². The fourth-order valence-electron chi connectivity index (χ4n) is 2.46. The summed E-state index contributed by atoms with van der Waals surface area (Å²) in [6.45, 7) is 4.05. The molecule has 0 bridgehead atoms. The minimum Gasteiger partial charge on any atom is -0.379 e. The smallest absolute Gasteiger partial charge is 0.379 e. The summed E-state index contributed by atoms with van der Waals surface area (Å²) in [6, 6.07) is 4.38. The van der Waals surface area contributed by atoms with E-state index in [1.165, 1.54) is 12.1 Å². The molecule has 1 heterocycles. The van der Waals surface area contributed by atoms with E-state index in [1.54, 1.807) is 0 Å². The molecule has 1 aliphatic heterocycles. The summed E-state index contributed by atoms with van der Waals surface area (Å²) in [7, 11) is -3.66. The van der Waals surface area contributed by atoms with Gasteiger partial charge in [-0.15, -0.1) is 0 Å². The van der Waals surface area contributed by atoms with Gasteiger partial charge in [0.1, 0.15) is 0 Å². The van der Waals surface area contributed by atoms with Gasteiger partial charge in [0.15, 0.2) is 0 Å². The van der Waals surface area contributed by atoms with Crippen molar-refractivity contribution in [1.82, 2.24) is 9.62 Å². The summed E-state index contributed by atoms with van der Waals surface area (Å²) in [5, 5.41) is 0. The Kier molecular flexibility index (Phi) is 6.62. The van der Waals surface area contributed by atoms with Gasteiger partial charge in [-0.25, -0.2) is 13.1 Å². The van der Waals surface area contributed by atoms with E-state index in [-0.39, 0.29) is 12.1 Å². The van der Waals surface area contributed by atoms with Crippen LogP contribution >= 0.6 is 0 Å². The molecule has 0 aliphatic carbocycles. The van der Waals surface area contributed by atoms with E-state index in [4.69, 9.17) is 4.74 Å². The molecule has 2 rings (SSSR count). The first-order valence-electron chi connectivity index (χ1n) is 7.70. The molecule has 1 N–H and O–H groups in total. The lowest BCUT2D eigenvalue weighted by atomic mass is 10.1. The molecule has 1 fully saturated rings. The molecule has 1 aromatic rings. The lowest BCUT2D eigenvalue weighted by Gasteiger charge is -2.26. The van der Waals surface area contributed by atoms with Gasteiger partial charge in [-0.05, 0) is 24.6 Å². The van der Waals surface area contributed by atoms with Gasteiger partial charge in [-0.3, -0.25) is 4.90 Å². The van der Waals surface area contributed by atoms with Crippen molar-refractivity contribution in [1.29, 1.82) is 0 Å².